The summed E-state index contributed by atoms with van der Waals surface area (Å²) in [6.07, 6.45) is 7.58. The number of nitrogens with zero attached hydrogens (tertiary/aromatic N) is 2. The lowest BCUT2D eigenvalue weighted by Gasteiger charge is -2.19. The highest BCUT2D eigenvalue weighted by molar-refractivity contribution is 7.89. The van der Waals surface area contributed by atoms with E-state index in [2.05, 4.69) is 15.0 Å². The maximum Gasteiger partial charge on any atom is 0.240 e. The Hall–Kier alpha value is -2.68. The topological polar surface area (TPSA) is 93.1 Å². The Morgan fingerprint density at radius 1 is 1.12 bits per heavy atom. The van der Waals surface area contributed by atoms with E-state index in [1.54, 1.807) is 36.7 Å². The second-order valence-corrected chi connectivity index (χ2v) is 10.4. The maximum atomic E-state index is 12.7. The molecule has 1 aliphatic rings. The summed E-state index contributed by atoms with van der Waals surface area (Å²) in [5.74, 6) is 0.381. The average Bonchev–Trinajstić information content (AvgIpc) is 3.23. The number of aryl methyl sites for hydroxylation is 3. The molecular weight excluding hydrogens is 460 g/mol. The Labute approximate surface area is 199 Å². The van der Waals surface area contributed by atoms with Gasteiger partial charge < -0.3 is 9.88 Å². The highest BCUT2D eigenvalue weighted by atomic mass is 35.5. The van der Waals surface area contributed by atoms with Crippen molar-refractivity contribution in [3.05, 3.63) is 82.4 Å². The first kappa shape index (κ1) is 23.5. The number of hydrogen-bond donors (Lipinski definition) is 2. The molecule has 2 N–H and O–H groups in total. The number of sulfonamides is 1. The number of amides is 1. The second kappa shape index (κ2) is 10.1. The number of benzene rings is 2. The molecule has 0 radical (unpaired) electrons. The molecule has 4 rings (SSSR count). The lowest BCUT2D eigenvalue weighted by Crippen LogP contribution is -2.34. The average molecular weight is 487 g/mol. The fourth-order valence-corrected chi connectivity index (χ4v) is 5.31. The van der Waals surface area contributed by atoms with Gasteiger partial charge in [-0.15, -0.1) is 0 Å². The van der Waals surface area contributed by atoms with Crippen LogP contribution in [0, 0.1) is 0 Å². The van der Waals surface area contributed by atoms with Crippen molar-refractivity contribution in [3.8, 4) is 0 Å². The summed E-state index contributed by atoms with van der Waals surface area (Å²) < 4.78 is 29.9. The summed E-state index contributed by atoms with van der Waals surface area (Å²) in [6.45, 7) is -0.000839. The minimum absolute atomic E-state index is 0.000839. The van der Waals surface area contributed by atoms with Crippen LogP contribution in [0.5, 0.6) is 0 Å². The van der Waals surface area contributed by atoms with Crippen LogP contribution in [0.15, 0.2) is 59.8 Å². The number of nitrogens with one attached hydrogen (secondary N) is 2. The van der Waals surface area contributed by atoms with Gasteiger partial charge in [0, 0.05) is 37.4 Å². The summed E-state index contributed by atoms with van der Waals surface area (Å²) in [7, 11) is -1.83. The van der Waals surface area contributed by atoms with Crippen LogP contribution in [0.25, 0.3) is 0 Å². The van der Waals surface area contributed by atoms with Crippen molar-refractivity contribution < 1.29 is 13.2 Å². The molecule has 0 unspecified atom stereocenters. The Bertz CT molecular complexity index is 1240. The zero-order valence-corrected chi connectivity index (χ0v) is 20.0. The molecule has 9 heteroatoms. The van der Waals surface area contributed by atoms with Crippen LogP contribution in [0.1, 0.15) is 47.8 Å². The predicted octanol–water partition coefficient (Wildman–Crippen LogP) is 3.53. The van der Waals surface area contributed by atoms with Gasteiger partial charge in [0.25, 0.3) is 0 Å². The van der Waals surface area contributed by atoms with E-state index in [-0.39, 0.29) is 23.8 Å². The maximum absolute atomic E-state index is 12.7. The fourth-order valence-electron chi connectivity index (χ4n) is 4.10. The lowest BCUT2D eigenvalue weighted by molar-refractivity contribution is -0.121. The minimum Gasteiger partial charge on any atom is -0.342 e. The third-order valence-electron chi connectivity index (χ3n) is 5.90. The monoisotopic (exact) mass is 486 g/mol. The van der Waals surface area contributed by atoms with E-state index in [0.717, 1.165) is 36.8 Å². The normalized spacial score (nSPS) is 14.5. The SMILES string of the molecule is Cn1ccnc1[C@@H](NC(=O)CCNS(=O)(=O)c1ccc2c(c1)CCCC2)c1ccc(Cl)cc1. The number of imidazole rings is 1. The van der Waals surface area contributed by atoms with Crippen molar-refractivity contribution in [2.75, 3.05) is 6.54 Å². The smallest absolute Gasteiger partial charge is 0.240 e. The minimum atomic E-state index is -3.69. The van der Waals surface area contributed by atoms with Crippen LogP contribution >= 0.6 is 11.6 Å². The number of aromatic nitrogens is 2. The van der Waals surface area contributed by atoms with Gasteiger partial charge in [0.05, 0.1) is 4.90 Å². The first-order valence-electron chi connectivity index (χ1n) is 11.0. The van der Waals surface area contributed by atoms with Crippen LogP contribution in [0.4, 0.5) is 0 Å². The van der Waals surface area contributed by atoms with Gasteiger partial charge in [-0.1, -0.05) is 29.8 Å². The van der Waals surface area contributed by atoms with Crippen LogP contribution in [0.3, 0.4) is 0 Å². The van der Waals surface area contributed by atoms with Gasteiger partial charge >= 0.3 is 0 Å². The standard InChI is InChI=1S/C24H27ClN4O3S/c1-29-15-14-26-24(29)23(18-6-9-20(25)10-7-18)28-22(30)12-13-27-33(31,32)21-11-8-17-4-2-3-5-19(17)16-21/h6-11,14-16,23,27H,2-5,12-13H2,1H3,(H,28,30)/t23-/m0/s1. The predicted molar refractivity (Wildman–Crippen MR) is 128 cm³/mol. The van der Waals surface area contributed by atoms with Gasteiger partial charge in [0.15, 0.2) is 0 Å². The molecule has 0 aliphatic heterocycles. The highest BCUT2D eigenvalue weighted by Gasteiger charge is 2.22. The highest BCUT2D eigenvalue weighted by Crippen LogP contribution is 2.24. The molecule has 0 saturated carbocycles. The Kier molecular flexibility index (Phi) is 7.17. The van der Waals surface area contributed by atoms with Gasteiger partial charge in [-0.25, -0.2) is 18.1 Å². The first-order chi connectivity index (χ1) is 15.8. The number of carbonyl (C=O) groups is 1. The number of carbonyl (C=O) groups excluding carboxylic acids is 1. The third kappa shape index (κ3) is 5.63. The molecule has 0 bridgehead atoms. The third-order valence-corrected chi connectivity index (χ3v) is 7.61. The van der Waals surface area contributed by atoms with E-state index in [1.807, 2.05) is 29.8 Å². The summed E-state index contributed by atoms with van der Waals surface area (Å²) in [5, 5.41) is 3.56. The molecule has 0 fully saturated rings. The van der Waals surface area contributed by atoms with Crippen molar-refractivity contribution >= 4 is 27.5 Å². The number of hydrogen-bond acceptors (Lipinski definition) is 4. The zero-order chi connectivity index (χ0) is 23.4. The van der Waals surface area contributed by atoms with E-state index < -0.39 is 16.1 Å². The van der Waals surface area contributed by atoms with E-state index in [4.69, 9.17) is 11.6 Å². The summed E-state index contributed by atoms with van der Waals surface area (Å²) in [4.78, 5) is 17.3. The van der Waals surface area contributed by atoms with Crippen molar-refractivity contribution in [3.63, 3.8) is 0 Å². The van der Waals surface area contributed by atoms with E-state index in [1.165, 1.54) is 5.56 Å². The summed E-state index contributed by atoms with van der Waals surface area (Å²) >= 11 is 6.01. The van der Waals surface area contributed by atoms with Crippen molar-refractivity contribution in [2.45, 2.75) is 43.0 Å². The lowest BCUT2D eigenvalue weighted by atomic mass is 9.92. The van der Waals surface area contributed by atoms with Gasteiger partial charge in [-0.2, -0.15) is 0 Å². The second-order valence-electron chi connectivity index (χ2n) is 8.23. The molecule has 174 valence electrons. The molecule has 0 spiro atoms. The summed E-state index contributed by atoms with van der Waals surface area (Å²) in [6, 6.07) is 12.0. The Balaban J connectivity index is 1.40. The fraction of sp³-hybridized carbons (Fsp3) is 0.333. The van der Waals surface area contributed by atoms with Crippen LogP contribution < -0.4 is 10.0 Å². The van der Waals surface area contributed by atoms with Crippen LogP contribution in [-0.4, -0.2) is 30.4 Å². The molecule has 33 heavy (non-hydrogen) atoms. The molecule has 1 heterocycles. The first-order valence-corrected chi connectivity index (χ1v) is 12.8. The summed E-state index contributed by atoms with van der Waals surface area (Å²) in [5.41, 5.74) is 3.15. The van der Waals surface area contributed by atoms with E-state index in [0.29, 0.717) is 10.8 Å². The zero-order valence-electron chi connectivity index (χ0n) is 18.4. The Morgan fingerprint density at radius 3 is 2.55 bits per heavy atom. The van der Waals surface area contributed by atoms with Crippen molar-refractivity contribution in [1.82, 2.24) is 19.6 Å². The van der Waals surface area contributed by atoms with Gasteiger partial charge in [0.2, 0.25) is 15.9 Å². The molecule has 1 amide bonds. The quantitative estimate of drug-likeness (QED) is 0.509. The molecular formula is C24H27ClN4O3S. The molecule has 2 aromatic carbocycles. The van der Waals surface area contributed by atoms with E-state index >= 15 is 0 Å². The number of halogens is 1. The molecule has 1 aromatic heterocycles. The van der Waals surface area contributed by atoms with Crippen molar-refractivity contribution in [2.24, 2.45) is 7.05 Å². The largest absolute Gasteiger partial charge is 0.342 e. The number of rotatable bonds is 8. The molecule has 3 aromatic rings. The molecule has 1 atom stereocenters. The molecule has 7 nitrogen and oxygen atoms in total. The molecule has 1 aliphatic carbocycles. The van der Waals surface area contributed by atoms with Crippen LogP contribution in [0.2, 0.25) is 5.02 Å². The molecule has 0 saturated heterocycles. The van der Waals surface area contributed by atoms with Gasteiger partial charge in [-0.05, 0) is 66.6 Å². The number of fused-ring (bicyclic) bond motifs is 1. The van der Waals surface area contributed by atoms with Crippen molar-refractivity contribution in [1.29, 1.82) is 0 Å². The van der Waals surface area contributed by atoms with Crippen LogP contribution in [-0.2, 0) is 34.7 Å². The van der Waals surface area contributed by atoms with E-state index in [9.17, 15) is 13.2 Å². The van der Waals surface area contributed by atoms with Gasteiger partial charge in [0.1, 0.15) is 11.9 Å². The van der Waals surface area contributed by atoms with Gasteiger partial charge in [-0.3, -0.25) is 4.79 Å². The Morgan fingerprint density at radius 2 is 1.85 bits per heavy atom.